The number of carbonyl (C=O) groups is 1. The highest BCUT2D eigenvalue weighted by Gasteiger charge is 2.22. The zero-order valence-electron chi connectivity index (χ0n) is 11.9. The molecule has 0 saturated carbocycles. The monoisotopic (exact) mass is 289 g/mol. The zero-order valence-corrected chi connectivity index (χ0v) is 12.8. The van der Waals surface area contributed by atoms with Gasteiger partial charge in [-0.25, -0.2) is 0 Å². The van der Waals surface area contributed by atoms with E-state index in [1.165, 1.54) is 4.88 Å². The van der Waals surface area contributed by atoms with Crippen LogP contribution in [-0.2, 0) is 5.41 Å². The van der Waals surface area contributed by atoms with Crippen LogP contribution >= 0.6 is 11.3 Å². The Hall–Kier alpha value is -1.81. The predicted molar refractivity (Wildman–Crippen MR) is 82.5 cm³/mol. The Labute approximate surface area is 123 Å². The van der Waals surface area contributed by atoms with Gasteiger partial charge in [0.25, 0.3) is 5.91 Å². The molecule has 1 amide bonds. The molecule has 0 spiro atoms. The van der Waals surface area contributed by atoms with Crippen molar-refractivity contribution in [1.29, 1.82) is 0 Å². The Kier molecular flexibility index (Phi) is 4.14. The highest BCUT2D eigenvalue weighted by atomic mass is 32.1. The molecule has 0 aliphatic carbocycles. The summed E-state index contributed by atoms with van der Waals surface area (Å²) in [5.74, 6) is 0.0956. The van der Waals surface area contributed by atoms with Crippen molar-refractivity contribution >= 4 is 17.2 Å². The first-order valence-corrected chi connectivity index (χ1v) is 7.40. The van der Waals surface area contributed by atoms with Crippen molar-refractivity contribution in [2.75, 3.05) is 6.54 Å². The fourth-order valence-electron chi connectivity index (χ4n) is 1.95. The lowest BCUT2D eigenvalue weighted by Gasteiger charge is -2.23. The van der Waals surface area contributed by atoms with E-state index in [0.29, 0.717) is 17.7 Å². The number of nitrogens with one attached hydrogen (secondary N) is 1. The van der Waals surface area contributed by atoms with E-state index >= 15 is 0 Å². The first-order valence-electron chi connectivity index (χ1n) is 6.52. The molecular formula is C16H19NO2S. The van der Waals surface area contributed by atoms with Crippen LogP contribution in [0.2, 0.25) is 0 Å². The number of hydrogen-bond donors (Lipinski definition) is 2. The number of phenols is 1. The molecule has 1 heterocycles. The van der Waals surface area contributed by atoms with E-state index in [1.807, 2.05) is 11.4 Å². The van der Waals surface area contributed by atoms with Crippen molar-refractivity contribution in [2.45, 2.75) is 26.2 Å². The molecule has 20 heavy (non-hydrogen) atoms. The van der Waals surface area contributed by atoms with Gasteiger partial charge in [0.1, 0.15) is 5.75 Å². The quantitative estimate of drug-likeness (QED) is 0.905. The number of phenolic OH excluding ortho intramolecular Hbond substituents is 1. The smallest absolute Gasteiger partial charge is 0.251 e. The van der Waals surface area contributed by atoms with E-state index in [9.17, 15) is 9.90 Å². The lowest BCUT2D eigenvalue weighted by molar-refractivity contribution is 0.0946. The Morgan fingerprint density at radius 2 is 2.10 bits per heavy atom. The van der Waals surface area contributed by atoms with Crippen molar-refractivity contribution in [3.05, 3.63) is 51.7 Å². The Morgan fingerprint density at radius 1 is 1.35 bits per heavy atom. The van der Waals surface area contributed by atoms with Gasteiger partial charge in [-0.1, -0.05) is 19.9 Å². The number of amides is 1. The molecule has 0 unspecified atom stereocenters. The Morgan fingerprint density at radius 3 is 2.70 bits per heavy atom. The van der Waals surface area contributed by atoms with Gasteiger partial charge in [-0.3, -0.25) is 4.79 Å². The van der Waals surface area contributed by atoms with Crippen LogP contribution < -0.4 is 5.32 Å². The molecule has 2 N–H and O–H groups in total. The number of aromatic hydroxyl groups is 1. The van der Waals surface area contributed by atoms with Gasteiger partial charge < -0.3 is 10.4 Å². The van der Waals surface area contributed by atoms with Crippen LogP contribution in [0, 0.1) is 6.92 Å². The molecule has 0 saturated heterocycles. The number of benzene rings is 1. The molecule has 3 nitrogen and oxygen atoms in total. The number of aryl methyl sites for hydroxylation is 1. The topological polar surface area (TPSA) is 49.3 Å². The first kappa shape index (κ1) is 14.6. The van der Waals surface area contributed by atoms with Crippen LogP contribution in [0.15, 0.2) is 35.7 Å². The SMILES string of the molecule is Cc1cc(C(=O)NCC(C)(C)c2cccs2)ccc1O. The van der Waals surface area contributed by atoms with Crippen LogP contribution in [0.5, 0.6) is 5.75 Å². The number of carbonyl (C=O) groups excluding carboxylic acids is 1. The van der Waals surface area contributed by atoms with Crippen molar-refractivity contribution in [3.8, 4) is 5.75 Å². The summed E-state index contributed by atoms with van der Waals surface area (Å²) in [6, 6.07) is 8.99. The predicted octanol–water partition coefficient (Wildman–Crippen LogP) is 3.47. The fourth-order valence-corrected chi connectivity index (χ4v) is 2.80. The molecule has 0 bridgehead atoms. The van der Waals surface area contributed by atoms with Gasteiger partial charge in [0.05, 0.1) is 0 Å². The fraction of sp³-hybridized carbons (Fsp3) is 0.312. The summed E-state index contributed by atoms with van der Waals surface area (Å²) < 4.78 is 0. The normalized spacial score (nSPS) is 11.3. The van der Waals surface area contributed by atoms with Crippen LogP contribution in [0.1, 0.15) is 34.6 Å². The number of thiophene rings is 1. The van der Waals surface area contributed by atoms with E-state index in [0.717, 1.165) is 0 Å². The van der Waals surface area contributed by atoms with Gasteiger partial charge in [-0.05, 0) is 42.1 Å². The second-order valence-electron chi connectivity index (χ2n) is 5.55. The molecule has 0 fully saturated rings. The summed E-state index contributed by atoms with van der Waals surface area (Å²) in [6.45, 7) is 6.58. The van der Waals surface area contributed by atoms with E-state index in [1.54, 1.807) is 36.5 Å². The lowest BCUT2D eigenvalue weighted by atomic mass is 9.91. The lowest BCUT2D eigenvalue weighted by Crippen LogP contribution is -2.36. The summed E-state index contributed by atoms with van der Waals surface area (Å²) >= 11 is 1.70. The molecular weight excluding hydrogens is 270 g/mol. The summed E-state index contributed by atoms with van der Waals surface area (Å²) in [5, 5.41) is 14.5. The van der Waals surface area contributed by atoms with Crippen LogP contribution in [0.25, 0.3) is 0 Å². The maximum absolute atomic E-state index is 12.1. The molecule has 0 atom stereocenters. The average molecular weight is 289 g/mol. The second kappa shape index (κ2) is 5.67. The molecule has 0 aliphatic heterocycles. The molecule has 1 aromatic heterocycles. The van der Waals surface area contributed by atoms with Crippen LogP contribution in [-0.4, -0.2) is 17.6 Å². The summed E-state index contributed by atoms with van der Waals surface area (Å²) in [4.78, 5) is 13.4. The second-order valence-corrected chi connectivity index (χ2v) is 6.49. The van der Waals surface area contributed by atoms with E-state index in [4.69, 9.17) is 0 Å². The minimum absolute atomic E-state index is 0.0875. The van der Waals surface area contributed by atoms with Crippen molar-refractivity contribution in [3.63, 3.8) is 0 Å². The van der Waals surface area contributed by atoms with Gasteiger partial charge >= 0.3 is 0 Å². The third-order valence-electron chi connectivity index (χ3n) is 3.34. The maximum atomic E-state index is 12.1. The van der Waals surface area contributed by atoms with Gasteiger partial charge in [-0.15, -0.1) is 11.3 Å². The third kappa shape index (κ3) is 3.20. The van der Waals surface area contributed by atoms with Crippen LogP contribution in [0.4, 0.5) is 0 Å². The van der Waals surface area contributed by atoms with Crippen molar-refractivity contribution in [2.24, 2.45) is 0 Å². The van der Waals surface area contributed by atoms with Gasteiger partial charge in [-0.2, -0.15) is 0 Å². The summed E-state index contributed by atoms with van der Waals surface area (Å²) in [6.07, 6.45) is 0. The van der Waals surface area contributed by atoms with Crippen molar-refractivity contribution < 1.29 is 9.90 Å². The highest BCUT2D eigenvalue weighted by molar-refractivity contribution is 7.10. The standard InChI is InChI=1S/C16H19NO2S/c1-11-9-12(6-7-13(11)18)15(19)17-10-16(2,3)14-5-4-8-20-14/h4-9,18H,10H2,1-3H3,(H,17,19). The molecule has 0 radical (unpaired) electrons. The molecule has 0 aliphatic rings. The van der Waals surface area contributed by atoms with Crippen LogP contribution in [0.3, 0.4) is 0 Å². The minimum atomic E-state index is -0.113. The average Bonchev–Trinajstić information content (AvgIpc) is 2.94. The minimum Gasteiger partial charge on any atom is -0.508 e. The zero-order chi connectivity index (χ0) is 14.8. The van der Waals surface area contributed by atoms with E-state index in [-0.39, 0.29) is 17.1 Å². The summed E-state index contributed by atoms with van der Waals surface area (Å²) in [5.41, 5.74) is 1.19. The maximum Gasteiger partial charge on any atom is 0.251 e. The number of rotatable bonds is 4. The Bertz CT molecular complexity index is 603. The highest BCUT2D eigenvalue weighted by Crippen LogP contribution is 2.26. The van der Waals surface area contributed by atoms with Gasteiger partial charge in [0.15, 0.2) is 0 Å². The molecule has 4 heteroatoms. The van der Waals surface area contributed by atoms with Gasteiger partial charge in [0, 0.05) is 22.4 Å². The molecule has 1 aromatic carbocycles. The van der Waals surface area contributed by atoms with Crippen molar-refractivity contribution in [1.82, 2.24) is 5.32 Å². The Balaban J connectivity index is 2.03. The third-order valence-corrected chi connectivity index (χ3v) is 4.57. The first-order chi connectivity index (χ1) is 9.40. The number of hydrogen-bond acceptors (Lipinski definition) is 3. The molecule has 2 aromatic rings. The van der Waals surface area contributed by atoms with E-state index < -0.39 is 0 Å². The molecule has 106 valence electrons. The van der Waals surface area contributed by atoms with Gasteiger partial charge in [0.2, 0.25) is 0 Å². The molecule has 2 rings (SSSR count). The van der Waals surface area contributed by atoms with E-state index in [2.05, 4.69) is 25.2 Å². The largest absolute Gasteiger partial charge is 0.508 e. The summed E-state index contributed by atoms with van der Waals surface area (Å²) in [7, 11) is 0.